The number of rotatable bonds is 4. The Hall–Kier alpha value is -3.29. The summed E-state index contributed by atoms with van der Waals surface area (Å²) in [6, 6.07) is 3.28. The number of fused-ring (bicyclic) bond motifs is 2. The molecule has 0 atom stereocenters. The van der Waals surface area contributed by atoms with Gasteiger partial charge in [0, 0.05) is 41.5 Å². The Morgan fingerprint density at radius 2 is 2.24 bits per heavy atom. The standard InChI is InChI=1S/C17H14FN5O2/c1-25-14(24)3-5-23-4-2-10-7-19-16(22-17(10)23)13-9-21-15-12(13)6-11(18)8-20-15/h2,4,6-9H,3,5H2,1H3,(H,20,21). The molecule has 1 N–H and O–H groups in total. The van der Waals surface area contributed by atoms with Crippen molar-refractivity contribution >= 4 is 28.0 Å². The average molecular weight is 339 g/mol. The number of hydrogen-bond donors (Lipinski definition) is 1. The summed E-state index contributed by atoms with van der Waals surface area (Å²) in [6.07, 6.45) is 6.67. The van der Waals surface area contributed by atoms with Crippen molar-refractivity contribution in [1.29, 1.82) is 0 Å². The fraction of sp³-hybridized carbons (Fsp3) is 0.176. The van der Waals surface area contributed by atoms with Crippen molar-refractivity contribution in [1.82, 2.24) is 24.5 Å². The van der Waals surface area contributed by atoms with Crippen LogP contribution < -0.4 is 0 Å². The fourth-order valence-corrected chi connectivity index (χ4v) is 2.76. The number of esters is 1. The van der Waals surface area contributed by atoms with E-state index in [0.29, 0.717) is 34.6 Å². The molecule has 0 amide bonds. The zero-order valence-corrected chi connectivity index (χ0v) is 13.4. The second-order valence-corrected chi connectivity index (χ2v) is 5.56. The molecule has 0 aliphatic rings. The number of H-pyrrole nitrogens is 1. The summed E-state index contributed by atoms with van der Waals surface area (Å²) >= 11 is 0. The highest BCUT2D eigenvalue weighted by molar-refractivity contribution is 5.92. The Bertz CT molecular complexity index is 1090. The van der Waals surface area contributed by atoms with Gasteiger partial charge >= 0.3 is 5.97 Å². The summed E-state index contributed by atoms with van der Waals surface area (Å²) < 4.78 is 20.1. The normalized spacial score (nSPS) is 11.3. The van der Waals surface area contributed by atoms with Gasteiger partial charge in [0.1, 0.15) is 17.1 Å². The van der Waals surface area contributed by atoms with Gasteiger partial charge in [-0.15, -0.1) is 0 Å². The van der Waals surface area contributed by atoms with Crippen molar-refractivity contribution in [3.05, 3.63) is 42.7 Å². The molecule has 0 aliphatic carbocycles. The average Bonchev–Trinajstić information content (AvgIpc) is 3.22. The Labute approximate surface area is 141 Å². The predicted molar refractivity (Wildman–Crippen MR) is 89.2 cm³/mol. The predicted octanol–water partition coefficient (Wildman–Crippen LogP) is 2.68. The van der Waals surface area contributed by atoms with Crippen molar-refractivity contribution in [3.63, 3.8) is 0 Å². The van der Waals surface area contributed by atoms with Gasteiger partial charge in [-0.3, -0.25) is 4.79 Å². The summed E-state index contributed by atoms with van der Waals surface area (Å²) in [7, 11) is 1.36. The molecule has 0 aliphatic heterocycles. The van der Waals surface area contributed by atoms with Crippen molar-refractivity contribution in [2.75, 3.05) is 7.11 Å². The van der Waals surface area contributed by atoms with E-state index in [-0.39, 0.29) is 12.4 Å². The zero-order chi connectivity index (χ0) is 17.4. The van der Waals surface area contributed by atoms with Gasteiger partial charge in [-0.1, -0.05) is 0 Å². The molecule has 7 nitrogen and oxygen atoms in total. The Balaban J connectivity index is 1.77. The number of nitrogens with zero attached hydrogens (tertiary/aromatic N) is 4. The van der Waals surface area contributed by atoms with Crippen LogP contribution in [0.1, 0.15) is 6.42 Å². The number of carbonyl (C=O) groups excluding carboxylic acids is 1. The first-order valence-corrected chi connectivity index (χ1v) is 7.67. The van der Waals surface area contributed by atoms with Crippen LogP contribution in [0.4, 0.5) is 4.39 Å². The summed E-state index contributed by atoms with van der Waals surface area (Å²) in [5.41, 5.74) is 1.94. The monoisotopic (exact) mass is 339 g/mol. The number of carbonyl (C=O) groups is 1. The zero-order valence-electron chi connectivity index (χ0n) is 13.4. The Kier molecular flexibility index (Phi) is 3.64. The fourth-order valence-electron chi connectivity index (χ4n) is 2.76. The van der Waals surface area contributed by atoms with E-state index in [1.165, 1.54) is 13.2 Å². The molecule has 126 valence electrons. The molecule has 0 fully saturated rings. The van der Waals surface area contributed by atoms with E-state index in [1.54, 1.807) is 12.4 Å². The highest BCUT2D eigenvalue weighted by Crippen LogP contribution is 2.26. The summed E-state index contributed by atoms with van der Waals surface area (Å²) in [5.74, 6) is -0.241. The smallest absolute Gasteiger partial charge is 0.307 e. The molecule has 0 saturated carbocycles. The molecule has 0 unspecified atom stereocenters. The summed E-state index contributed by atoms with van der Waals surface area (Å²) in [5, 5.41) is 1.48. The molecule has 0 saturated heterocycles. The number of pyridine rings is 1. The lowest BCUT2D eigenvalue weighted by atomic mass is 10.2. The number of aromatic amines is 1. The third kappa shape index (κ3) is 2.71. The van der Waals surface area contributed by atoms with Gasteiger partial charge in [0.25, 0.3) is 0 Å². The first kappa shape index (κ1) is 15.3. The number of halogens is 1. The second-order valence-electron chi connectivity index (χ2n) is 5.56. The molecule has 0 radical (unpaired) electrons. The maximum absolute atomic E-state index is 13.5. The number of nitrogens with one attached hydrogen (secondary N) is 1. The van der Waals surface area contributed by atoms with Crippen molar-refractivity contribution < 1.29 is 13.9 Å². The van der Waals surface area contributed by atoms with Gasteiger partial charge in [0.15, 0.2) is 5.82 Å². The minimum Gasteiger partial charge on any atom is -0.469 e. The molecule has 4 heterocycles. The van der Waals surface area contributed by atoms with Crippen LogP contribution in [-0.2, 0) is 16.1 Å². The van der Waals surface area contributed by atoms with Gasteiger partial charge in [-0.2, -0.15) is 0 Å². The number of aromatic nitrogens is 5. The molecule has 8 heteroatoms. The van der Waals surface area contributed by atoms with E-state index in [2.05, 4.69) is 24.7 Å². The third-order valence-electron chi connectivity index (χ3n) is 4.03. The molecule has 4 aromatic heterocycles. The quantitative estimate of drug-likeness (QED) is 0.578. The van der Waals surface area contributed by atoms with Crippen LogP contribution in [-0.4, -0.2) is 37.6 Å². The van der Waals surface area contributed by atoms with Gasteiger partial charge in [-0.05, 0) is 12.1 Å². The van der Waals surface area contributed by atoms with Crippen molar-refractivity contribution in [2.45, 2.75) is 13.0 Å². The van der Waals surface area contributed by atoms with Crippen LogP contribution in [0.15, 0.2) is 36.9 Å². The van der Waals surface area contributed by atoms with Crippen molar-refractivity contribution in [3.8, 4) is 11.4 Å². The first-order valence-electron chi connectivity index (χ1n) is 7.67. The van der Waals surface area contributed by atoms with Crippen LogP contribution in [0.2, 0.25) is 0 Å². The van der Waals surface area contributed by atoms with Gasteiger partial charge in [0.05, 0.1) is 19.7 Å². The van der Waals surface area contributed by atoms with Crippen LogP contribution >= 0.6 is 0 Å². The van der Waals surface area contributed by atoms with E-state index in [4.69, 9.17) is 0 Å². The molecule has 0 aromatic carbocycles. The van der Waals surface area contributed by atoms with E-state index < -0.39 is 5.82 Å². The Morgan fingerprint density at radius 3 is 3.08 bits per heavy atom. The summed E-state index contributed by atoms with van der Waals surface area (Å²) in [4.78, 5) is 27.3. The third-order valence-corrected chi connectivity index (χ3v) is 4.03. The number of methoxy groups -OCH3 is 1. The minimum atomic E-state index is -0.420. The molecular weight excluding hydrogens is 325 g/mol. The van der Waals surface area contributed by atoms with Gasteiger partial charge < -0.3 is 14.3 Å². The Morgan fingerprint density at radius 1 is 1.36 bits per heavy atom. The highest BCUT2D eigenvalue weighted by Gasteiger charge is 2.13. The van der Waals surface area contributed by atoms with E-state index in [1.807, 2.05) is 16.8 Å². The maximum Gasteiger partial charge on any atom is 0.307 e. The van der Waals surface area contributed by atoms with Crippen LogP contribution in [0.5, 0.6) is 0 Å². The lowest BCUT2D eigenvalue weighted by molar-refractivity contribution is -0.140. The second kappa shape index (κ2) is 5.97. The lowest BCUT2D eigenvalue weighted by Gasteiger charge is -2.05. The van der Waals surface area contributed by atoms with Crippen LogP contribution in [0.3, 0.4) is 0 Å². The van der Waals surface area contributed by atoms with Gasteiger partial charge in [0.2, 0.25) is 0 Å². The maximum atomic E-state index is 13.5. The first-order chi connectivity index (χ1) is 12.2. The minimum absolute atomic E-state index is 0.252. The van der Waals surface area contributed by atoms with E-state index in [9.17, 15) is 9.18 Å². The van der Waals surface area contributed by atoms with Crippen LogP contribution in [0.25, 0.3) is 33.5 Å². The number of ether oxygens (including phenoxy) is 1. The van der Waals surface area contributed by atoms with Gasteiger partial charge in [-0.25, -0.2) is 19.3 Å². The number of hydrogen-bond acceptors (Lipinski definition) is 5. The highest BCUT2D eigenvalue weighted by atomic mass is 19.1. The summed E-state index contributed by atoms with van der Waals surface area (Å²) in [6.45, 7) is 0.455. The van der Waals surface area contributed by atoms with Crippen LogP contribution in [0, 0.1) is 5.82 Å². The largest absolute Gasteiger partial charge is 0.469 e. The topological polar surface area (TPSA) is 85.7 Å². The molecule has 25 heavy (non-hydrogen) atoms. The molecule has 0 spiro atoms. The molecule has 4 aromatic rings. The SMILES string of the molecule is COC(=O)CCn1ccc2cnc(-c3c[nH]c4ncc(F)cc34)nc21. The molecule has 0 bridgehead atoms. The molecular formula is C17H14FN5O2. The van der Waals surface area contributed by atoms with E-state index >= 15 is 0 Å². The lowest BCUT2D eigenvalue weighted by Crippen LogP contribution is -2.07. The number of aryl methyl sites for hydroxylation is 1. The molecule has 4 rings (SSSR count). The van der Waals surface area contributed by atoms with Crippen molar-refractivity contribution in [2.24, 2.45) is 0 Å². The van der Waals surface area contributed by atoms with E-state index in [0.717, 1.165) is 11.6 Å².